The van der Waals surface area contributed by atoms with E-state index in [4.69, 9.17) is 9.47 Å². The third-order valence-corrected chi connectivity index (χ3v) is 4.59. The fourth-order valence-electron chi connectivity index (χ4n) is 3.21. The van der Waals surface area contributed by atoms with Crippen molar-refractivity contribution < 1.29 is 29.0 Å². The largest absolute Gasteiger partial charge is 0.550 e. The highest BCUT2D eigenvalue weighted by atomic mass is 16.5. The monoisotopic (exact) mass is 358 g/mol. The fraction of sp³-hybridized carbons (Fsp3) is 0.421. The maximum atomic E-state index is 12.5. The topological polar surface area (TPSA) is 105 Å². The van der Waals surface area contributed by atoms with Crippen LogP contribution in [0.1, 0.15) is 30.1 Å². The third kappa shape index (κ3) is 3.62. The number of ether oxygens (including phenoxy) is 2. The number of amides is 1. The van der Waals surface area contributed by atoms with Crippen LogP contribution >= 0.6 is 0 Å². The molecule has 1 saturated heterocycles. The van der Waals surface area contributed by atoms with Crippen molar-refractivity contribution in [1.82, 2.24) is 0 Å². The molecule has 0 saturated carbocycles. The number of carboxylic acids is 1. The van der Waals surface area contributed by atoms with Gasteiger partial charge in [-0.2, -0.15) is 0 Å². The Morgan fingerprint density at radius 1 is 1.12 bits per heavy atom. The molecule has 7 heteroatoms. The standard InChI is InChI=1S/C19H21NO6/c1-2-3-10-25-19(24)11-4-6-12(7-5-11)20-17(21)15-13-8-9-14(26-13)16(15)18(22)23/h4-9,13-16H,2-3,10H2,1H3,(H,20,21)(H,22,23)/p-1/t13-,14+,15+,16-/m0/s1. The van der Waals surface area contributed by atoms with Gasteiger partial charge in [0.15, 0.2) is 0 Å². The average Bonchev–Trinajstić information content (AvgIpc) is 3.23. The van der Waals surface area contributed by atoms with E-state index in [1.807, 2.05) is 6.92 Å². The quantitative estimate of drug-likeness (QED) is 0.441. The van der Waals surface area contributed by atoms with E-state index in [1.54, 1.807) is 36.4 Å². The van der Waals surface area contributed by atoms with Crippen molar-refractivity contribution in [3.05, 3.63) is 42.0 Å². The molecule has 4 atom stereocenters. The van der Waals surface area contributed by atoms with Gasteiger partial charge in [-0.3, -0.25) is 4.79 Å². The second-order valence-electron chi connectivity index (χ2n) is 6.38. The van der Waals surface area contributed by atoms with E-state index < -0.39 is 41.9 Å². The van der Waals surface area contributed by atoms with Crippen LogP contribution in [0.25, 0.3) is 0 Å². The number of esters is 1. The lowest BCUT2D eigenvalue weighted by molar-refractivity contribution is -0.313. The van der Waals surface area contributed by atoms with Gasteiger partial charge in [-0.05, 0) is 30.7 Å². The van der Waals surface area contributed by atoms with Crippen LogP contribution in [0.3, 0.4) is 0 Å². The fourth-order valence-corrected chi connectivity index (χ4v) is 3.21. The molecule has 0 unspecified atom stereocenters. The molecule has 1 aromatic carbocycles. The van der Waals surface area contributed by atoms with E-state index in [2.05, 4.69) is 5.32 Å². The summed E-state index contributed by atoms with van der Waals surface area (Å²) in [4.78, 5) is 35.7. The summed E-state index contributed by atoms with van der Waals surface area (Å²) in [6.45, 7) is 2.38. The second kappa shape index (κ2) is 7.70. The minimum atomic E-state index is -1.30. The highest BCUT2D eigenvalue weighted by Crippen LogP contribution is 2.39. The first kappa shape index (κ1) is 18.1. The Morgan fingerprint density at radius 2 is 1.77 bits per heavy atom. The van der Waals surface area contributed by atoms with Crippen molar-refractivity contribution in [2.24, 2.45) is 11.8 Å². The summed E-state index contributed by atoms with van der Waals surface area (Å²) < 4.78 is 10.6. The predicted octanol–water partition coefficient (Wildman–Crippen LogP) is 0.901. The maximum absolute atomic E-state index is 12.5. The molecule has 0 aliphatic carbocycles. The van der Waals surface area contributed by atoms with Crippen LogP contribution in [-0.2, 0) is 19.1 Å². The number of fused-ring (bicyclic) bond motifs is 2. The molecule has 1 aromatic rings. The van der Waals surface area contributed by atoms with Crippen LogP contribution in [0.15, 0.2) is 36.4 Å². The summed E-state index contributed by atoms with van der Waals surface area (Å²) in [7, 11) is 0. The Balaban J connectivity index is 1.62. The smallest absolute Gasteiger partial charge is 0.338 e. The lowest BCUT2D eigenvalue weighted by Gasteiger charge is -2.24. The first-order chi connectivity index (χ1) is 12.5. The van der Waals surface area contributed by atoms with E-state index in [1.165, 1.54) is 0 Å². The zero-order chi connectivity index (χ0) is 18.7. The molecule has 138 valence electrons. The molecule has 2 aliphatic heterocycles. The zero-order valence-electron chi connectivity index (χ0n) is 14.3. The van der Waals surface area contributed by atoms with Gasteiger partial charge in [-0.15, -0.1) is 0 Å². The molecule has 3 rings (SSSR count). The number of unbranched alkanes of at least 4 members (excludes halogenated alkanes) is 1. The van der Waals surface area contributed by atoms with Crippen LogP contribution in [0, 0.1) is 11.8 Å². The molecule has 1 amide bonds. The minimum absolute atomic E-state index is 0.371. The number of carboxylic acid groups (broad SMARTS) is 1. The van der Waals surface area contributed by atoms with Gasteiger partial charge < -0.3 is 24.7 Å². The maximum Gasteiger partial charge on any atom is 0.338 e. The number of rotatable bonds is 7. The number of anilines is 1. The molecule has 1 fully saturated rings. The van der Waals surface area contributed by atoms with E-state index in [0.29, 0.717) is 17.9 Å². The van der Waals surface area contributed by atoms with Crippen molar-refractivity contribution in [2.45, 2.75) is 32.0 Å². The Labute approximate surface area is 151 Å². The summed E-state index contributed by atoms with van der Waals surface area (Å²) in [5.74, 6) is -4.01. The van der Waals surface area contributed by atoms with Crippen LogP contribution < -0.4 is 10.4 Å². The third-order valence-electron chi connectivity index (χ3n) is 4.59. The number of hydrogen-bond donors (Lipinski definition) is 1. The van der Waals surface area contributed by atoms with E-state index >= 15 is 0 Å². The van der Waals surface area contributed by atoms with Gasteiger partial charge in [-0.25, -0.2) is 4.79 Å². The first-order valence-corrected chi connectivity index (χ1v) is 8.64. The summed E-state index contributed by atoms with van der Waals surface area (Å²) in [6, 6.07) is 6.26. The van der Waals surface area contributed by atoms with E-state index in [-0.39, 0.29) is 0 Å². The molecule has 0 spiro atoms. The Bertz CT molecular complexity index is 726. The van der Waals surface area contributed by atoms with Crippen LogP contribution in [0.5, 0.6) is 0 Å². The Morgan fingerprint density at radius 3 is 2.38 bits per heavy atom. The molecule has 2 bridgehead atoms. The number of aliphatic carboxylic acids is 1. The molecule has 1 N–H and O–H groups in total. The van der Waals surface area contributed by atoms with Crippen LogP contribution in [0.4, 0.5) is 5.69 Å². The minimum Gasteiger partial charge on any atom is -0.550 e. The van der Waals surface area contributed by atoms with Gasteiger partial charge in [-0.1, -0.05) is 25.5 Å². The predicted molar refractivity (Wildman–Crippen MR) is 90.1 cm³/mol. The molecule has 7 nitrogen and oxygen atoms in total. The lowest BCUT2D eigenvalue weighted by Crippen LogP contribution is -2.45. The lowest BCUT2D eigenvalue weighted by atomic mass is 9.82. The molecule has 26 heavy (non-hydrogen) atoms. The van der Waals surface area contributed by atoms with Crippen molar-refractivity contribution in [2.75, 3.05) is 11.9 Å². The average molecular weight is 358 g/mol. The summed E-state index contributed by atoms with van der Waals surface area (Å²) in [5, 5.41) is 14.0. The Hall–Kier alpha value is -2.67. The highest BCUT2D eigenvalue weighted by Gasteiger charge is 2.50. The number of carbonyl (C=O) groups excluding carboxylic acids is 3. The summed E-state index contributed by atoms with van der Waals surface area (Å²) in [6.07, 6.45) is 3.90. The first-order valence-electron chi connectivity index (χ1n) is 8.64. The summed E-state index contributed by atoms with van der Waals surface area (Å²) >= 11 is 0. The zero-order valence-corrected chi connectivity index (χ0v) is 14.3. The van der Waals surface area contributed by atoms with Gasteiger partial charge in [0.05, 0.1) is 30.3 Å². The number of benzene rings is 1. The molecular formula is C19H20NO6-. The molecule has 2 aliphatic rings. The normalized spacial score (nSPS) is 25.9. The molecular weight excluding hydrogens is 338 g/mol. The van der Waals surface area contributed by atoms with Gasteiger partial charge in [0.1, 0.15) is 0 Å². The van der Waals surface area contributed by atoms with Gasteiger partial charge in [0, 0.05) is 17.6 Å². The van der Waals surface area contributed by atoms with Gasteiger partial charge in [0.25, 0.3) is 0 Å². The summed E-state index contributed by atoms with van der Waals surface area (Å²) in [5.41, 5.74) is 0.849. The molecule has 0 radical (unpaired) electrons. The van der Waals surface area contributed by atoms with Crippen molar-refractivity contribution in [3.8, 4) is 0 Å². The van der Waals surface area contributed by atoms with E-state index in [0.717, 1.165) is 12.8 Å². The number of carbonyl (C=O) groups is 3. The van der Waals surface area contributed by atoms with Crippen molar-refractivity contribution in [1.29, 1.82) is 0 Å². The molecule has 2 heterocycles. The van der Waals surface area contributed by atoms with Crippen LogP contribution in [-0.4, -0.2) is 36.7 Å². The van der Waals surface area contributed by atoms with Crippen molar-refractivity contribution >= 4 is 23.5 Å². The number of nitrogens with one attached hydrogen (secondary N) is 1. The van der Waals surface area contributed by atoms with Gasteiger partial charge in [0.2, 0.25) is 5.91 Å². The van der Waals surface area contributed by atoms with Crippen molar-refractivity contribution in [3.63, 3.8) is 0 Å². The Kier molecular flexibility index (Phi) is 5.37. The van der Waals surface area contributed by atoms with Gasteiger partial charge >= 0.3 is 5.97 Å². The number of hydrogen-bond acceptors (Lipinski definition) is 6. The second-order valence-corrected chi connectivity index (χ2v) is 6.38. The highest BCUT2D eigenvalue weighted by molar-refractivity contribution is 5.97. The van der Waals surface area contributed by atoms with Crippen LogP contribution in [0.2, 0.25) is 0 Å². The van der Waals surface area contributed by atoms with E-state index in [9.17, 15) is 19.5 Å². The SMILES string of the molecule is CCCCOC(=O)c1ccc(NC(=O)[C@H]2[C@@H](C(=O)[O-])[C@H]3C=C[C@@H]2O3)cc1. The molecule has 0 aromatic heterocycles.